The normalized spacial score (nSPS) is 12.8. The lowest BCUT2D eigenvalue weighted by Crippen LogP contribution is -2.39. The third kappa shape index (κ3) is 5.66. The molecule has 3 aromatic carbocycles. The number of aryl methyl sites for hydroxylation is 1. The van der Waals surface area contributed by atoms with E-state index in [-0.39, 0.29) is 18.4 Å². The van der Waals surface area contributed by atoms with Gasteiger partial charge in [0.1, 0.15) is 6.54 Å². The van der Waals surface area contributed by atoms with Crippen molar-refractivity contribution in [1.82, 2.24) is 14.5 Å². The lowest BCUT2D eigenvalue weighted by Gasteiger charge is -2.22. The van der Waals surface area contributed by atoms with E-state index >= 15 is 0 Å². The topological polar surface area (TPSA) is 67.2 Å². The van der Waals surface area contributed by atoms with E-state index in [4.69, 9.17) is 16.6 Å². The van der Waals surface area contributed by atoms with Crippen LogP contribution in [-0.2, 0) is 4.79 Å². The molecule has 1 N–H and O–H groups in total. The first-order valence-corrected chi connectivity index (χ1v) is 12.4. The second kappa shape index (κ2) is 10.4. The number of hydrogen-bond donors (Lipinski definition) is 1. The summed E-state index contributed by atoms with van der Waals surface area (Å²) in [5.41, 5.74) is 4.18. The summed E-state index contributed by atoms with van der Waals surface area (Å²) >= 11 is 6.06. The minimum Gasteiger partial charge on any atom is -0.329 e. The van der Waals surface area contributed by atoms with Crippen molar-refractivity contribution in [3.05, 3.63) is 101 Å². The second-order valence-corrected chi connectivity index (χ2v) is 9.64. The molecule has 2 amide bonds. The minimum absolute atomic E-state index is 0.0404. The van der Waals surface area contributed by atoms with Gasteiger partial charge in [-0.05, 0) is 62.1 Å². The van der Waals surface area contributed by atoms with Gasteiger partial charge in [0.15, 0.2) is 0 Å². The molecule has 1 aliphatic carbocycles. The first kappa shape index (κ1) is 23.8. The lowest BCUT2D eigenvalue weighted by molar-refractivity contribution is -0.117. The maximum Gasteiger partial charge on any atom is 0.254 e. The molecular weight excluding hydrogens is 472 g/mol. The fourth-order valence-electron chi connectivity index (χ4n) is 4.06. The average Bonchev–Trinajstić information content (AvgIpc) is 3.62. The molecule has 6 nitrogen and oxygen atoms in total. The van der Waals surface area contributed by atoms with Gasteiger partial charge in [0, 0.05) is 34.6 Å². The molecule has 0 bridgehead atoms. The minimum atomic E-state index is -0.290. The molecule has 1 aliphatic rings. The maximum absolute atomic E-state index is 13.2. The standard InChI is InChI=1S/C29H27ClN4O2/c1-20-7-15-25(16-8-20)34-18-26(22-11-13-24(30)14-12-22)31-29(34)32-27(35)19-33(17-21-9-10-21)28(36)23-5-3-2-4-6-23/h2-8,11-16,18,21H,9-10,17,19H2,1H3,(H,31,32,35). The fraction of sp³-hybridized carbons (Fsp3) is 0.207. The number of aromatic nitrogens is 2. The van der Waals surface area contributed by atoms with Crippen molar-refractivity contribution in [2.75, 3.05) is 18.4 Å². The van der Waals surface area contributed by atoms with Gasteiger partial charge in [0.2, 0.25) is 11.9 Å². The van der Waals surface area contributed by atoms with E-state index in [2.05, 4.69) is 5.32 Å². The smallest absolute Gasteiger partial charge is 0.254 e. The first-order valence-electron chi connectivity index (χ1n) is 12.0. The zero-order valence-electron chi connectivity index (χ0n) is 20.0. The molecule has 0 radical (unpaired) electrons. The van der Waals surface area contributed by atoms with Gasteiger partial charge < -0.3 is 4.90 Å². The molecule has 0 unspecified atom stereocenters. The van der Waals surface area contributed by atoms with Crippen LogP contribution in [0.4, 0.5) is 5.95 Å². The molecule has 0 spiro atoms. The monoisotopic (exact) mass is 498 g/mol. The van der Waals surface area contributed by atoms with Crippen LogP contribution >= 0.6 is 11.6 Å². The van der Waals surface area contributed by atoms with Crippen LogP contribution in [0.2, 0.25) is 5.02 Å². The van der Waals surface area contributed by atoms with Gasteiger partial charge in [-0.1, -0.05) is 59.6 Å². The number of anilines is 1. The summed E-state index contributed by atoms with van der Waals surface area (Å²) in [6.07, 6.45) is 4.06. The Kier molecular flexibility index (Phi) is 6.87. The number of halogens is 1. The third-order valence-electron chi connectivity index (χ3n) is 6.23. The summed E-state index contributed by atoms with van der Waals surface area (Å²) in [5, 5.41) is 3.59. The molecule has 1 fully saturated rings. The van der Waals surface area contributed by atoms with E-state index in [0.717, 1.165) is 29.7 Å². The van der Waals surface area contributed by atoms with Crippen molar-refractivity contribution in [2.24, 2.45) is 5.92 Å². The predicted octanol–water partition coefficient (Wildman–Crippen LogP) is 5.99. The largest absolute Gasteiger partial charge is 0.329 e. The number of imidazole rings is 1. The number of hydrogen-bond acceptors (Lipinski definition) is 3. The van der Waals surface area contributed by atoms with E-state index in [1.807, 2.05) is 84.4 Å². The molecule has 4 aromatic rings. The highest BCUT2D eigenvalue weighted by atomic mass is 35.5. The van der Waals surface area contributed by atoms with Crippen molar-refractivity contribution in [3.8, 4) is 16.9 Å². The van der Waals surface area contributed by atoms with Gasteiger partial charge in [-0.15, -0.1) is 0 Å². The van der Waals surface area contributed by atoms with E-state index < -0.39 is 0 Å². The Labute approximate surface area is 215 Å². The van der Waals surface area contributed by atoms with Gasteiger partial charge in [0.05, 0.1) is 5.69 Å². The summed E-state index contributed by atoms with van der Waals surface area (Å²) < 4.78 is 1.85. The lowest BCUT2D eigenvalue weighted by atomic mass is 10.2. The van der Waals surface area contributed by atoms with Crippen LogP contribution in [-0.4, -0.2) is 39.4 Å². The highest BCUT2D eigenvalue weighted by Crippen LogP contribution is 2.30. The van der Waals surface area contributed by atoms with Crippen molar-refractivity contribution in [1.29, 1.82) is 0 Å². The van der Waals surface area contributed by atoms with Gasteiger partial charge >= 0.3 is 0 Å². The molecular formula is C29H27ClN4O2. The van der Waals surface area contributed by atoms with Gasteiger partial charge in [-0.3, -0.25) is 19.5 Å². The zero-order valence-corrected chi connectivity index (χ0v) is 20.8. The maximum atomic E-state index is 13.2. The molecule has 0 aliphatic heterocycles. The second-order valence-electron chi connectivity index (χ2n) is 9.21. The number of benzene rings is 3. The van der Waals surface area contributed by atoms with Crippen molar-refractivity contribution in [2.45, 2.75) is 19.8 Å². The highest BCUT2D eigenvalue weighted by molar-refractivity contribution is 6.30. The molecule has 36 heavy (non-hydrogen) atoms. The number of nitrogens with zero attached hydrogens (tertiary/aromatic N) is 3. The molecule has 1 saturated carbocycles. The molecule has 7 heteroatoms. The summed E-state index contributed by atoms with van der Waals surface area (Å²) in [7, 11) is 0. The third-order valence-corrected chi connectivity index (χ3v) is 6.48. The Morgan fingerprint density at radius 2 is 1.69 bits per heavy atom. The van der Waals surface area contributed by atoms with Crippen molar-refractivity contribution >= 4 is 29.4 Å². The van der Waals surface area contributed by atoms with Crippen LogP contribution in [0.15, 0.2) is 85.1 Å². The van der Waals surface area contributed by atoms with Crippen LogP contribution in [0, 0.1) is 12.8 Å². The first-order chi connectivity index (χ1) is 17.5. The Morgan fingerprint density at radius 3 is 2.36 bits per heavy atom. The van der Waals surface area contributed by atoms with Crippen molar-refractivity contribution in [3.63, 3.8) is 0 Å². The van der Waals surface area contributed by atoms with E-state index in [0.29, 0.717) is 34.7 Å². The molecule has 5 rings (SSSR count). The molecule has 182 valence electrons. The molecule has 1 aromatic heterocycles. The number of amides is 2. The molecule has 0 saturated heterocycles. The summed E-state index contributed by atoms with van der Waals surface area (Å²) in [6.45, 7) is 2.56. The molecule has 0 atom stereocenters. The Bertz CT molecular complexity index is 1360. The van der Waals surface area contributed by atoms with E-state index in [1.54, 1.807) is 17.0 Å². The van der Waals surface area contributed by atoms with Crippen LogP contribution in [0.5, 0.6) is 0 Å². The number of carbonyl (C=O) groups is 2. The van der Waals surface area contributed by atoms with Gasteiger partial charge in [-0.25, -0.2) is 4.98 Å². The zero-order chi connectivity index (χ0) is 25.1. The SMILES string of the molecule is Cc1ccc(-n2cc(-c3ccc(Cl)cc3)nc2NC(=O)CN(CC2CC2)C(=O)c2ccccc2)cc1. The van der Waals surface area contributed by atoms with E-state index in [9.17, 15) is 9.59 Å². The van der Waals surface area contributed by atoms with Crippen LogP contribution in [0.25, 0.3) is 16.9 Å². The number of rotatable bonds is 8. The van der Waals surface area contributed by atoms with Crippen LogP contribution in [0.1, 0.15) is 28.8 Å². The van der Waals surface area contributed by atoms with Crippen LogP contribution < -0.4 is 5.32 Å². The Hall–Kier alpha value is -3.90. The summed E-state index contributed by atoms with van der Waals surface area (Å²) in [4.78, 5) is 32.7. The van der Waals surface area contributed by atoms with Crippen LogP contribution in [0.3, 0.4) is 0 Å². The number of nitrogens with one attached hydrogen (secondary N) is 1. The van der Waals surface area contributed by atoms with E-state index in [1.165, 1.54) is 0 Å². The quantitative estimate of drug-likeness (QED) is 0.324. The fourth-order valence-corrected chi connectivity index (χ4v) is 4.19. The average molecular weight is 499 g/mol. The highest BCUT2D eigenvalue weighted by Gasteiger charge is 2.29. The summed E-state index contributed by atoms with van der Waals surface area (Å²) in [5.74, 6) is 0.423. The Morgan fingerprint density at radius 1 is 1.00 bits per heavy atom. The predicted molar refractivity (Wildman–Crippen MR) is 142 cm³/mol. The molecule has 1 heterocycles. The van der Waals surface area contributed by atoms with Gasteiger partial charge in [0.25, 0.3) is 5.91 Å². The van der Waals surface area contributed by atoms with Crippen molar-refractivity contribution < 1.29 is 9.59 Å². The Balaban J connectivity index is 1.41. The summed E-state index contributed by atoms with van der Waals surface area (Å²) in [6, 6.07) is 24.5. The van der Waals surface area contributed by atoms with Gasteiger partial charge in [-0.2, -0.15) is 0 Å². The number of carbonyl (C=O) groups excluding carboxylic acids is 2.